The maximum atomic E-state index is 6.53. The van der Waals surface area contributed by atoms with Crippen molar-refractivity contribution in [2.45, 2.75) is 122 Å². The van der Waals surface area contributed by atoms with Crippen molar-refractivity contribution in [2.75, 3.05) is 0 Å². The van der Waals surface area contributed by atoms with Gasteiger partial charge in [-0.1, -0.05) is 115 Å². The Kier molecular flexibility index (Phi) is 13.2. The lowest BCUT2D eigenvalue weighted by molar-refractivity contribution is 0.535. The highest BCUT2D eigenvalue weighted by atomic mass is 35.5. The molecule has 0 bridgehead atoms. The van der Waals surface area contributed by atoms with Crippen molar-refractivity contribution in [3.05, 3.63) is 35.4 Å². The Balaban J connectivity index is 1.96. The molecule has 150 valence electrons. The molecule has 0 N–H and O–H groups in total. The second kappa shape index (κ2) is 14.6. The number of alkyl halides is 1. The highest BCUT2D eigenvalue weighted by Gasteiger charge is 2.19. The summed E-state index contributed by atoms with van der Waals surface area (Å²) >= 11 is 6.53. The molecule has 0 atom stereocenters. The van der Waals surface area contributed by atoms with Gasteiger partial charge in [-0.15, -0.1) is 11.6 Å². The van der Waals surface area contributed by atoms with Gasteiger partial charge in [0.05, 0.1) is 4.87 Å². The molecule has 0 heterocycles. The monoisotopic (exact) mass is 378 g/mol. The van der Waals surface area contributed by atoms with E-state index in [1.165, 1.54) is 107 Å². The molecule has 1 aromatic carbocycles. The van der Waals surface area contributed by atoms with Crippen LogP contribution in [0.25, 0.3) is 0 Å². The SMILES string of the molecule is CCCCCCCCCCCCCCCCc1ccccc1C(C)(C)Cl. The van der Waals surface area contributed by atoms with E-state index in [1.54, 1.807) is 0 Å². The van der Waals surface area contributed by atoms with E-state index in [1.807, 2.05) is 0 Å². The van der Waals surface area contributed by atoms with Crippen molar-refractivity contribution in [1.29, 1.82) is 0 Å². The largest absolute Gasteiger partial charge is 0.115 e. The first-order valence-corrected chi connectivity index (χ1v) is 11.7. The summed E-state index contributed by atoms with van der Waals surface area (Å²) in [7, 11) is 0. The third-order valence-corrected chi connectivity index (χ3v) is 5.66. The molecule has 0 nitrogen and oxygen atoms in total. The van der Waals surface area contributed by atoms with Gasteiger partial charge in [-0.05, 0) is 37.8 Å². The first kappa shape index (κ1) is 23.5. The lowest BCUT2D eigenvalue weighted by Crippen LogP contribution is -2.10. The molecule has 26 heavy (non-hydrogen) atoms. The Morgan fingerprint density at radius 1 is 0.654 bits per heavy atom. The van der Waals surface area contributed by atoms with E-state index in [0.29, 0.717) is 0 Å². The molecule has 0 saturated heterocycles. The van der Waals surface area contributed by atoms with Gasteiger partial charge in [0.2, 0.25) is 0 Å². The van der Waals surface area contributed by atoms with Crippen LogP contribution in [0.1, 0.15) is 122 Å². The van der Waals surface area contributed by atoms with Crippen LogP contribution in [0.3, 0.4) is 0 Å². The molecular formula is C25H43Cl. The van der Waals surface area contributed by atoms with Crippen molar-refractivity contribution >= 4 is 11.6 Å². The summed E-state index contributed by atoms with van der Waals surface area (Å²) in [6.45, 7) is 6.48. The Morgan fingerprint density at radius 2 is 1.08 bits per heavy atom. The molecule has 0 unspecified atom stereocenters. The van der Waals surface area contributed by atoms with Crippen LogP contribution < -0.4 is 0 Å². The number of unbranched alkanes of at least 4 members (excludes halogenated alkanes) is 13. The number of benzene rings is 1. The van der Waals surface area contributed by atoms with Crippen LogP contribution in [0.4, 0.5) is 0 Å². The number of hydrogen-bond acceptors (Lipinski definition) is 0. The summed E-state index contributed by atoms with van der Waals surface area (Å²) in [5.41, 5.74) is 2.74. The summed E-state index contributed by atoms with van der Waals surface area (Å²) in [5.74, 6) is 0. The zero-order chi connectivity index (χ0) is 19.1. The fourth-order valence-corrected chi connectivity index (χ4v) is 4.01. The van der Waals surface area contributed by atoms with Gasteiger partial charge in [0.25, 0.3) is 0 Å². The molecule has 0 aromatic heterocycles. The van der Waals surface area contributed by atoms with E-state index in [2.05, 4.69) is 45.0 Å². The molecule has 1 rings (SSSR count). The fourth-order valence-electron chi connectivity index (χ4n) is 3.83. The molecular weight excluding hydrogens is 336 g/mol. The van der Waals surface area contributed by atoms with Crippen molar-refractivity contribution < 1.29 is 0 Å². The van der Waals surface area contributed by atoms with Crippen molar-refractivity contribution in [3.8, 4) is 0 Å². The number of aryl methyl sites for hydroxylation is 1. The summed E-state index contributed by atoms with van der Waals surface area (Å²) in [6.07, 6.45) is 21.0. The van der Waals surface area contributed by atoms with Gasteiger partial charge in [-0.25, -0.2) is 0 Å². The van der Waals surface area contributed by atoms with Crippen LogP contribution in [-0.4, -0.2) is 0 Å². The third kappa shape index (κ3) is 11.3. The van der Waals surface area contributed by atoms with Gasteiger partial charge in [-0.2, -0.15) is 0 Å². The normalized spacial score (nSPS) is 11.8. The Morgan fingerprint density at radius 3 is 1.54 bits per heavy atom. The van der Waals surface area contributed by atoms with Gasteiger partial charge in [0, 0.05) is 0 Å². The van der Waals surface area contributed by atoms with Crippen LogP contribution in [0.15, 0.2) is 24.3 Å². The van der Waals surface area contributed by atoms with E-state index in [9.17, 15) is 0 Å². The first-order valence-electron chi connectivity index (χ1n) is 11.3. The van der Waals surface area contributed by atoms with Gasteiger partial charge in [-0.3, -0.25) is 0 Å². The molecule has 0 radical (unpaired) electrons. The molecule has 0 aliphatic rings. The molecule has 0 fully saturated rings. The average molecular weight is 379 g/mol. The standard InChI is InChI=1S/C25H43Cl/c1-4-5-6-7-8-9-10-11-12-13-14-15-16-17-20-23-21-18-19-22-24(23)25(2,3)26/h18-19,21-22H,4-17,20H2,1-3H3. The minimum absolute atomic E-state index is 0.257. The zero-order valence-electron chi connectivity index (χ0n) is 17.8. The molecule has 0 spiro atoms. The summed E-state index contributed by atoms with van der Waals surface area (Å²) in [5, 5.41) is 0. The van der Waals surface area contributed by atoms with Crippen LogP contribution >= 0.6 is 11.6 Å². The number of rotatable bonds is 16. The molecule has 0 amide bonds. The summed E-state index contributed by atoms with van der Waals surface area (Å²) in [4.78, 5) is -0.257. The van der Waals surface area contributed by atoms with Crippen molar-refractivity contribution in [1.82, 2.24) is 0 Å². The van der Waals surface area contributed by atoms with Crippen LogP contribution in [0, 0.1) is 0 Å². The molecule has 1 heteroatoms. The molecule has 0 aliphatic carbocycles. The molecule has 0 saturated carbocycles. The maximum absolute atomic E-state index is 6.53. The topological polar surface area (TPSA) is 0 Å². The van der Waals surface area contributed by atoms with Crippen LogP contribution in [0.2, 0.25) is 0 Å². The van der Waals surface area contributed by atoms with E-state index >= 15 is 0 Å². The lowest BCUT2D eigenvalue weighted by atomic mass is 9.93. The minimum Gasteiger partial charge on any atom is -0.115 e. The van der Waals surface area contributed by atoms with E-state index in [0.717, 1.165) is 0 Å². The zero-order valence-corrected chi connectivity index (χ0v) is 18.5. The van der Waals surface area contributed by atoms with Crippen molar-refractivity contribution in [2.24, 2.45) is 0 Å². The van der Waals surface area contributed by atoms with Gasteiger partial charge in [0.1, 0.15) is 0 Å². The molecule has 1 aromatic rings. The maximum Gasteiger partial charge on any atom is 0.0641 e. The van der Waals surface area contributed by atoms with Crippen molar-refractivity contribution in [3.63, 3.8) is 0 Å². The average Bonchev–Trinajstić information content (AvgIpc) is 2.61. The first-order chi connectivity index (χ1) is 12.6. The number of halogens is 1. The second-order valence-electron chi connectivity index (χ2n) is 8.48. The predicted molar refractivity (Wildman–Crippen MR) is 119 cm³/mol. The Hall–Kier alpha value is -0.490. The van der Waals surface area contributed by atoms with Gasteiger partial charge < -0.3 is 0 Å². The van der Waals surface area contributed by atoms with Gasteiger partial charge in [0.15, 0.2) is 0 Å². The van der Waals surface area contributed by atoms with E-state index in [-0.39, 0.29) is 4.87 Å². The third-order valence-electron chi connectivity index (χ3n) is 5.46. The van der Waals surface area contributed by atoms with Crippen LogP contribution in [0.5, 0.6) is 0 Å². The summed E-state index contributed by atoms with van der Waals surface area (Å²) in [6, 6.07) is 8.69. The quantitative estimate of drug-likeness (QED) is 0.198. The highest BCUT2D eigenvalue weighted by molar-refractivity contribution is 6.23. The van der Waals surface area contributed by atoms with E-state index < -0.39 is 0 Å². The molecule has 0 aliphatic heterocycles. The Bertz CT molecular complexity index is 444. The van der Waals surface area contributed by atoms with Crippen LogP contribution in [-0.2, 0) is 11.3 Å². The van der Waals surface area contributed by atoms with E-state index in [4.69, 9.17) is 11.6 Å². The summed E-state index contributed by atoms with van der Waals surface area (Å²) < 4.78 is 0. The fraction of sp³-hybridized carbons (Fsp3) is 0.760. The minimum atomic E-state index is -0.257. The lowest BCUT2D eigenvalue weighted by Gasteiger charge is -2.20. The van der Waals surface area contributed by atoms with Gasteiger partial charge >= 0.3 is 0 Å². The smallest absolute Gasteiger partial charge is 0.0641 e. The Labute approximate surface area is 169 Å². The number of hydrogen-bond donors (Lipinski definition) is 0. The second-order valence-corrected chi connectivity index (χ2v) is 9.42. The predicted octanol–water partition coefficient (Wildman–Crippen LogP) is 9.18. The highest BCUT2D eigenvalue weighted by Crippen LogP contribution is 2.31.